The van der Waals surface area contributed by atoms with Crippen LogP contribution < -0.4 is 10.6 Å². The molecule has 136 valence electrons. The van der Waals surface area contributed by atoms with Crippen LogP contribution in [0.3, 0.4) is 0 Å². The van der Waals surface area contributed by atoms with Gasteiger partial charge in [0, 0.05) is 43.2 Å². The molecule has 0 radical (unpaired) electrons. The first-order chi connectivity index (χ1) is 11.7. The summed E-state index contributed by atoms with van der Waals surface area (Å²) >= 11 is 1.82. The van der Waals surface area contributed by atoms with Crippen molar-refractivity contribution in [1.29, 1.82) is 0 Å². The number of rotatable bonds is 8. The molecule has 2 rings (SSSR count). The maximum absolute atomic E-state index is 4.73. The Bertz CT molecular complexity index is 499. The highest BCUT2D eigenvalue weighted by molar-refractivity contribution is 7.11. The van der Waals surface area contributed by atoms with Gasteiger partial charge in [0.15, 0.2) is 5.96 Å². The minimum atomic E-state index is 0.710. The van der Waals surface area contributed by atoms with Gasteiger partial charge < -0.3 is 10.6 Å². The normalized spacial score (nSPS) is 19.5. The third-order valence-electron chi connectivity index (χ3n) is 4.52. The van der Waals surface area contributed by atoms with Crippen LogP contribution in [0.5, 0.6) is 0 Å². The van der Waals surface area contributed by atoms with Crippen molar-refractivity contribution in [3.63, 3.8) is 0 Å². The van der Waals surface area contributed by atoms with Crippen molar-refractivity contribution in [2.45, 2.75) is 58.9 Å². The topological polar surface area (TPSA) is 52.6 Å². The lowest BCUT2D eigenvalue weighted by Crippen LogP contribution is -2.41. The number of piperidine rings is 1. The van der Waals surface area contributed by atoms with Crippen molar-refractivity contribution in [3.8, 4) is 0 Å². The number of hydrogen-bond acceptors (Lipinski definition) is 4. The van der Waals surface area contributed by atoms with Crippen molar-refractivity contribution >= 4 is 17.3 Å². The summed E-state index contributed by atoms with van der Waals surface area (Å²) in [6, 6.07) is 0.710. The molecule has 0 aromatic carbocycles. The number of nitrogens with one attached hydrogen (secondary N) is 2. The Balaban J connectivity index is 1.73. The number of aliphatic imine (C=N–C) groups is 1. The van der Waals surface area contributed by atoms with Crippen LogP contribution in [0.15, 0.2) is 11.2 Å². The van der Waals surface area contributed by atoms with Gasteiger partial charge in [0.05, 0.1) is 11.6 Å². The second-order valence-corrected chi connectivity index (χ2v) is 7.59. The molecule has 1 fully saturated rings. The highest BCUT2D eigenvalue weighted by atomic mass is 32.1. The fourth-order valence-corrected chi connectivity index (χ4v) is 3.90. The van der Waals surface area contributed by atoms with E-state index >= 15 is 0 Å². The van der Waals surface area contributed by atoms with E-state index in [-0.39, 0.29) is 0 Å². The molecule has 1 aromatic rings. The van der Waals surface area contributed by atoms with Gasteiger partial charge in [-0.15, -0.1) is 11.3 Å². The summed E-state index contributed by atoms with van der Waals surface area (Å²) < 4.78 is 0. The van der Waals surface area contributed by atoms with Crippen molar-refractivity contribution in [1.82, 2.24) is 20.5 Å². The summed E-state index contributed by atoms with van der Waals surface area (Å²) in [5, 5.41) is 7.98. The molecule has 24 heavy (non-hydrogen) atoms. The van der Waals surface area contributed by atoms with Crippen LogP contribution in [0.25, 0.3) is 0 Å². The first-order valence-corrected chi connectivity index (χ1v) is 10.2. The monoisotopic (exact) mass is 351 g/mol. The Morgan fingerprint density at radius 3 is 2.96 bits per heavy atom. The van der Waals surface area contributed by atoms with Gasteiger partial charge in [0.25, 0.3) is 0 Å². The van der Waals surface area contributed by atoms with Crippen molar-refractivity contribution in [2.24, 2.45) is 4.99 Å². The van der Waals surface area contributed by atoms with E-state index in [0.717, 1.165) is 45.0 Å². The van der Waals surface area contributed by atoms with E-state index in [9.17, 15) is 0 Å². The van der Waals surface area contributed by atoms with Crippen LogP contribution in [-0.2, 0) is 12.8 Å². The molecule has 2 heterocycles. The van der Waals surface area contributed by atoms with Gasteiger partial charge in [0.1, 0.15) is 0 Å². The number of thiazole rings is 1. The fourth-order valence-electron chi connectivity index (χ4n) is 3.04. The predicted molar refractivity (Wildman–Crippen MR) is 104 cm³/mol. The van der Waals surface area contributed by atoms with Crippen LogP contribution >= 0.6 is 11.3 Å². The van der Waals surface area contributed by atoms with Gasteiger partial charge >= 0.3 is 0 Å². The molecule has 1 aromatic heterocycles. The minimum absolute atomic E-state index is 0.710. The SMILES string of the molecule is CCNC(=NCCN1CCCCC1C)NCCc1ncc(CC)s1. The van der Waals surface area contributed by atoms with Crippen molar-refractivity contribution in [3.05, 3.63) is 16.1 Å². The molecule has 1 atom stereocenters. The van der Waals surface area contributed by atoms with Crippen LogP contribution in [0.1, 0.15) is 49.9 Å². The summed E-state index contributed by atoms with van der Waals surface area (Å²) in [5.41, 5.74) is 0. The molecular formula is C18H33N5S. The van der Waals surface area contributed by atoms with E-state index in [4.69, 9.17) is 4.99 Å². The lowest BCUT2D eigenvalue weighted by atomic mass is 10.0. The van der Waals surface area contributed by atoms with Crippen LogP contribution in [0.2, 0.25) is 0 Å². The Kier molecular flexibility index (Phi) is 8.53. The van der Waals surface area contributed by atoms with E-state index in [2.05, 4.69) is 41.3 Å². The molecule has 1 unspecified atom stereocenters. The fraction of sp³-hybridized carbons (Fsp3) is 0.778. The molecular weight excluding hydrogens is 318 g/mol. The summed E-state index contributed by atoms with van der Waals surface area (Å²) in [7, 11) is 0. The molecule has 1 aliphatic heterocycles. The number of nitrogens with zero attached hydrogens (tertiary/aromatic N) is 3. The van der Waals surface area contributed by atoms with Gasteiger partial charge in [-0.25, -0.2) is 4.98 Å². The quantitative estimate of drug-likeness (QED) is 0.558. The summed E-state index contributed by atoms with van der Waals surface area (Å²) in [5.74, 6) is 0.925. The van der Waals surface area contributed by atoms with Crippen LogP contribution in [-0.4, -0.2) is 54.6 Å². The Labute approximate surface area is 151 Å². The highest BCUT2D eigenvalue weighted by Gasteiger charge is 2.17. The first-order valence-electron chi connectivity index (χ1n) is 9.42. The van der Waals surface area contributed by atoms with Crippen LogP contribution in [0.4, 0.5) is 0 Å². The third kappa shape index (κ3) is 6.40. The van der Waals surface area contributed by atoms with Crippen molar-refractivity contribution < 1.29 is 0 Å². The van der Waals surface area contributed by atoms with Gasteiger partial charge in [0.2, 0.25) is 0 Å². The zero-order valence-corrected chi connectivity index (χ0v) is 16.3. The standard InChI is InChI=1S/C18H33N5S/c1-4-16-14-22-17(24-16)9-10-20-18(19-5-2)21-11-13-23-12-7-6-8-15(23)3/h14-15H,4-13H2,1-3H3,(H2,19,20,21). The number of aryl methyl sites for hydroxylation is 1. The number of aromatic nitrogens is 1. The zero-order valence-electron chi connectivity index (χ0n) is 15.5. The Hall–Kier alpha value is -1.14. The molecule has 0 spiro atoms. The largest absolute Gasteiger partial charge is 0.357 e. The average molecular weight is 352 g/mol. The summed E-state index contributed by atoms with van der Waals surface area (Å²) in [6.07, 6.45) is 8.07. The summed E-state index contributed by atoms with van der Waals surface area (Å²) in [6.45, 7) is 11.5. The lowest BCUT2D eigenvalue weighted by molar-refractivity contribution is 0.166. The molecule has 1 saturated heterocycles. The first kappa shape index (κ1) is 19.2. The number of hydrogen-bond donors (Lipinski definition) is 2. The van der Waals surface area contributed by atoms with E-state index in [1.54, 1.807) is 0 Å². The second kappa shape index (κ2) is 10.7. The Morgan fingerprint density at radius 1 is 1.38 bits per heavy atom. The van der Waals surface area contributed by atoms with E-state index in [1.807, 2.05) is 17.5 Å². The Morgan fingerprint density at radius 2 is 2.25 bits per heavy atom. The molecule has 5 nitrogen and oxygen atoms in total. The smallest absolute Gasteiger partial charge is 0.191 e. The molecule has 1 aliphatic rings. The maximum Gasteiger partial charge on any atom is 0.191 e. The summed E-state index contributed by atoms with van der Waals surface area (Å²) in [4.78, 5) is 13.1. The molecule has 0 amide bonds. The lowest BCUT2D eigenvalue weighted by Gasteiger charge is -2.32. The molecule has 0 aliphatic carbocycles. The zero-order chi connectivity index (χ0) is 17.2. The second-order valence-electron chi connectivity index (χ2n) is 6.39. The highest BCUT2D eigenvalue weighted by Crippen LogP contribution is 2.15. The number of likely N-dealkylation sites (tertiary alicyclic amines) is 1. The van der Waals surface area contributed by atoms with Gasteiger partial charge in [-0.2, -0.15) is 0 Å². The average Bonchev–Trinajstić information content (AvgIpc) is 3.04. The van der Waals surface area contributed by atoms with E-state index in [0.29, 0.717) is 6.04 Å². The van der Waals surface area contributed by atoms with E-state index in [1.165, 1.54) is 35.7 Å². The predicted octanol–water partition coefficient (Wildman–Crippen LogP) is 2.68. The van der Waals surface area contributed by atoms with Gasteiger partial charge in [-0.05, 0) is 39.7 Å². The molecule has 2 N–H and O–H groups in total. The minimum Gasteiger partial charge on any atom is -0.357 e. The number of guanidine groups is 1. The van der Waals surface area contributed by atoms with Gasteiger partial charge in [-0.1, -0.05) is 13.3 Å². The van der Waals surface area contributed by atoms with Crippen molar-refractivity contribution in [2.75, 3.05) is 32.7 Å². The van der Waals surface area contributed by atoms with Crippen LogP contribution in [0, 0.1) is 0 Å². The maximum atomic E-state index is 4.73. The van der Waals surface area contributed by atoms with E-state index < -0.39 is 0 Å². The molecule has 0 saturated carbocycles. The van der Waals surface area contributed by atoms with Gasteiger partial charge in [-0.3, -0.25) is 9.89 Å². The molecule has 6 heteroatoms. The molecule has 0 bridgehead atoms. The third-order valence-corrected chi connectivity index (χ3v) is 5.72.